The fourth-order valence-electron chi connectivity index (χ4n) is 3.44. The number of aliphatic carboxylic acids is 1. The number of hydrogen-bond acceptors (Lipinski definition) is 5. The Kier molecular flexibility index (Phi) is 7.33. The Hall–Kier alpha value is -4.00. The molecular formula is C25H25NO6. The Morgan fingerprint density at radius 1 is 0.844 bits per heavy atom. The molecule has 0 aliphatic rings. The van der Waals surface area contributed by atoms with Crippen molar-refractivity contribution in [1.82, 2.24) is 4.90 Å². The van der Waals surface area contributed by atoms with Crippen LogP contribution in [0.3, 0.4) is 0 Å². The topological polar surface area (TPSA) is 85.3 Å². The van der Waals surface area contributed by atoms with Crippen LogP contribution in [0.25, 0.3) is 0 Å². The maximum atomic E-state index is 13.5. The van der Waals surface area contributed by atoms with E-state index in [-0.39, 0.29) is 6.54 Å². The van der Waals surface area contributed by atoms with Gasteiger partial charge in [-0.05, 0) is 42.0 Å². The molecule has 3 aromatic carbocycles. The van der Waals surface area contributed by atoms with Gasteiger partial charge in [0, 0.05) is 17.2 Å². The Morgan fingerprint density at radius 3 is 2.03 bits per heavy atom. The van der Waals surface area contributed by atoms with E-state index in [1.165, 1.54) is 19.1 Å². The third-order valence-electron chi connectivity index (χ3n) is 5.09. The third kappa shape index (κ3) is 5.00. The van der Waals surface area contributed by atoms with Gasteiger partial charge in [-0.2, -0.15) is 0 Å². The Morgan fingerprint density at radius 2 is 1.47 bits per heavy atom. The summed E-state index contributed by atoms with van der Waals surface area (Å²) in [6, 6.07) is 19.2. The Bertz CT molecular complexity index is 1070. The van der Waals surface area contributed by atoms with Crippen molar-refractivity contribution in [2.45, 2.75) is 12.6 Å². The van der Waals surface area contributed by atoms with Crippen molar-refractivity contribution >= 4 is 11.9 Å². The first-order valence-electron chi connectivity index (χ1n) is 9.92. The number of ether oxygens (including phenoxy) is 3. The average Bonchev–Trinajstić information content (AvgIpc) is 2.83. The summed E-state index contributed by atoms with van der Waals surface area (Å²) in [7, 11) is 4.60. The summed E-state index contributed by atoms with van der Waals surface area (Å²) in [6.07, 6.45) is 0. The molecule has 7 nitrogen and oxygen atoms in total. The minimum absolute atomic E-state index is 0.0177. The fraction of sp³-hybridized carbons (Fsp3) is 0.200. The summed E-state index contributed by atoms with van der Waals surface area (Å²) in [5.41, 5.74) is 1.49. The molecule has 1 atom stereocenters. The summed E-state index contributed by atoms with van der Waals surface area (Å²) < 4.78 is 15.9. The van der Waals surface area contributed by atoms with E-state index in [4.69, 9.17) is 14.2 Å². The minimum atomic E-state index is -1.20. The van der Waals surface area contributed by atoms with Gasteiger partial charge in [-0.1, -0.05) is 30.3 Å². The summed E-state index contributed by atoms with van der Waals surface area (Å²) in [6.45, 7) is 0.0177. The fourth-order valence-corrected chi connectivity index (χ4v) is 3.44. The predicted octanol–water partition coefficient (Wildman–Crippen LogP) is 4.18. The van der Waals surface area contributed by atoms with Gasteiger partial charge >= 0.3 is 5.97 Å². The van der Waals surface area contributed by atoms with E-state index in [2.05, 4.69) is 0 Å². The molecular weight excluding hydrogens is 410 g/mol. The number of benzene rings is 3. The van der Waals surface area contributed by atoms with E-state index >= 15 is 0 Å². The maximum absolute atomic E-state index is 13.5. The smallest absolute Gasteiger partial charge is 0.331 e. The number of methoxy groups -OCH3 is 3. The molecule has 1 amide bonds. The molecule has 0 saturated carbocycles. The van der Waals surface area contributed by atoms with Gasteiger partial charge in [-0.15, -0.1) is 0 Å². The molecule has 0 bridgehead atoms. The van der Waals surface area contributed by atoms with Crippen LogP contribution < -0.4 is 14.2 Å². The largest absolute Gasteiger partial charge is 0.497 e. The Labute approximate surface area is 186 Å². The monoisotopic (exact) mass is 435 g/mol. The zero-order chi connectivity index (χ0) is 23.1. The number of carboxylic acids is 1. The number of carbonyl (C=O) groups excluding carboxylic acids is 1. The van der Waals surface area contributed by atoms with Crippen LogP contribution >= 0.6 is 0 Å². The van der Waals surface area contributed by atoms with Crippen molar-refractivity contribution in [1.29, 1.82) is 0 Å². The van der Waals surface area contributed by atoms with Crippen LogP contribution in [-0.2, 0) is 11.3 Å². The van der Waals surface area contributed by atoms with E-state index in [1.807, 2.05) is 0 Å². The molecule has 0 radical (unpaired) electrons. The second kappa shape index (κ2) is 10.3. The van der Waals surface area contributed by atoms with Crippen LogP contribution in [0, 0.1) is 0 Å². The van der Waals surface area contributed by atoms with E-state index in [9.17, 15) is 14.7 Å². The van der Waals surface area contributed by atoms with Crippen LogP contribution in [0.4, 0.5) is 0 Å². The van der Waals surface area contributed by atoms with Crippen molar-refractivity contribution < 1.29 is 28.9 Å². The standard InChI is InChI=1S/C25H25NO6/c1-30-20-12-9-18(10-13-20)24(27)26(23(25(28)29)17-7-5-4-6-8-17)16-19-11-14-21(31-2)15-22(19)32-3/h4-15,23H,16H2,1-3H3,(H,28,29). The molecule has 0 spiro atoms. The highest BCUT2D eigenvalue weighted by molar-refractivity contribution is 5.97. The van der Waals surface area contributed by atoms with Gasteiger partial charge in [-0.3, -0.25) is 4.79 Å². The summed E-state index contributed by atoms with van der Waals surface area (Å²) in [5.74, 6) is 0.126. The van der Waals surface area contributed by atoms with E-state index in [1.54, 1.807) is 79.9 Å². The van der Waals surface area contributed by atoms with Crippen LogP contribution in [0.1, 0.15) is 27.5 Å². The number of carboxylic acid groups (broad SMARTS) is 1. The van der Waals surface area contributed by atoms with E-state index < -0.39 is 17.9 Å². The van der Waals surface area contributed by atoms with Crippen LogP contribution in [-0.4, -0.2) is 43.2 Å². The SMILES string of the molecule is COc1ccc(C(=O)N(Cc2ccc(OC)cc2OC)C(C(=O)O)c2ccccc2)cc1. The normalized spacial score (nSPS) is 11.3. The lowest BCUT2D eigenvalue weighted by molar-refractivity contribution is -0.142. The van der Waals surface area contributed by atoms with E-state index in [0.717, 1.165) is 0 Å². The predicted molar refractivity (Wildman–Crippen MR) is 119 cm³/mol. The zero-order valence-corrected chi connectivity index (χ0v) is 18.1. The Balaban J connectivity index is 2.07. The molecule has 0 fully saturated rings. The lowest BCUT2D eigenvalue weighted by Gasteiger charge is -2.30. The molecule has 0 heterocycles. The van der Waals surface area contributed by atoms with Crippen LogP contribution in [0.2, 0.25) is 0 Å². The highest BCUT2D eigenvalue weighted by atomic mass is 16.5. The van der Waals surface area contributed by atoms with Gasteiger partial charge in [0.15, 0.2) is 6.04 Å². The average molecular weight is 435 g/mol. The first-order valence-corrected chi connectivity index (χ1v) is 9.92. The van der Waals surface area contributed by atoms with Crippen molar-refractivity contribution in [2.75, 3.05) is 21.3 Å². The molecule has 0 aliphatic carbocycles. The summed E-state index contributed by atoms with van der Waals surface area (Å²) >= 11 is 0. The van der Waals surface area contributed by atoms with Gasteiger partial charge in [0.1, 0.15) is 17.2 Å². The lowest BCUT2D eigenvalue weighted by atomic mass is 10.0. The minimum Gasteiger partial charge on any atom is -0.497 e. The van der Waals surface area contributed by atoms with Gasteiger partial charge < -0.3 is 24.2 Å². The molecule has 166 valence electrons. The van der Waals surface area contributed by atoms with Gasteiger partial charge in [0.05, 0.1) is 27.9 Å². The highest BCUT2D eigenvalue weighted by Crippen LogP contribution is 2.31. The number of amides is 1. The van der Waals surface area contributed by atoms with Crippen molar-refractivity contribution in [3.63, 3.8) is 0 Å². The molecule has 3 aromatic rings. The molecule has 0 saturated heterocycles. The highest BCUT2D eigenvalue weighted by Gasteiger charge is 2.32. The molecule has 1 N–H and O–H groups in total. The van der Waals surface area contributed by atoms with Crippen molar-refractivity contribution in [3.05, 3.63) is 89.5 Å². The van der Waals surface area contributed by atoms with Crippen molar-refractivity contribution in [2.24, 2.45) is 0 Å². The number of nitrogens with zero attached hydrogens (tertiary/aromatic N) is 1. The number of hydrogen-bond donors (Lipinski definition) is 1. The quantitative estimate of drug-likeness (QED) is 0.543. The zero-order valence-electron chi connectivity index (χ0n) is 18.1. The second-order valence-electron chi connectivity index (χ2n) is 6.99. The van der Waals surface area contributed by atoms with Crippen LogP contribution in [0.15, 0.2) is 72.8 Å². The number of rotatable bonds is 9. The molecule has 7 heteroatoms. The van der Waals surface area contributed by atoms with Crippen LogP contribution in [0.5, 0.6) is 17.2 Å². The maximum Gasteiger partial charge on any atom is 0.331 e. The first kappa shape index (κ1) is 22.7. The second-order valence-corrected chi connectivity index (χ2v) is 6.99. The molecule has 1 unspecified atom stereocenters. The van der Waals surface area contributed by atoms with Crippen molar-refractivity contribution in [3.8, 4) is 17.2 Å². The molecule has 3 rings (SSSR count). The summed E-state index contributed by atoms with van der Waals surface area (Å²) in [4.78, 5) is 27.2. The molecule has 0 aromatic heterocycles. The lowest BCUT2D eigenvalue weighted by Crippen LogP contribution is -2.38. The van der Waals surface area contributed by atoms with E-state index in [0.29, 0.717) is 33.9 Å². The summed E-state index contributed by atoms with van der Waals surface area (Å²) in [5, 5.41) is 10.1. The first-order chi connectivity index (χ1) is 15.5. The van der Waals surface area contributed by atoms with Gasteiger partial charge in [-0.25, -0.2) is 4.79 Å². The van der Waals surface area contributed by atoms with Gasteiger partial charge in [0.25, 0.3) is 5.91 Å². The van der Waals surface area contributed by atoms with Gasteiger partial charge in [0.2, 0.25) is 0 Å². The number of carbonyl (C=O) groups is 2. The third-order valence-corrected chi connectivity index (χ3v) is 5.09. The molecule has 32 heavy (non-hydrogen) atoms. The molecule has 0 aliphatic heterocycles.